The number of ether oxygens (including phenoxy) is 1. The molecular weight excluding hydrogens is 398 g/mol. The zero-order valence-corrected chi connectivity index (χ0v) is 18.7. The molecule has 1 heterocycles. The number of hydrogen-bond donors (Lipinski definition) is 0. The van der Waals surface area contributed by atoms with E-state index in [0.29, 0.717) is 25.1 Å². The van der Waals surface area contributed by atoms with E-state index < -0.39 is 9.84 Å². The highest BCUT2D eigenvalue weighted by Crippen LogP contribution is 2.23. The number of benzene rings is 2. The minimum atomic E-state index is -3.09. The lowest BCUT2D eigenvalue weighted by atomic mass is 10.1. The van der Waals surface area contributed by atoms with Crippen LogP contribution in [0.15, 0.2) is 48.5 Å². The molecule has 2 aromatic rings. The lowest BCUT2D eigenvalue weighted by Crippen LogP contribution is -2.40. The Bertz CT molecular complexity index is 936. The molecule has 1 atom stereocenters. The van der Waals surface area contributed by atoms with Crippen LogP contribution in [0.5, 0.6) is 5.75 Å². The maximum Gasteiger partial charge on any atom is 0.254 e. The van der Waals surface area contributed by atoms with Crippen LogP contribution in [0.1, 0.15) is 54.6 Å². The van der Waals surface area contributed by atoms with Crippen LogP contribution in [0.2, 0.25) is 0 Å². The van der Waals surface area contributed by atoms with Crippen LogP contribution >= 0.6 is 0 Å². The number of amides is 1. The van der Waals surface area contributed by atoms with Gasteiger partial charge in [-0.15, -0.1) is 0 Å². The van der Waals surface area contributed by atoms with E-state index in [-0.39, 0.29) is 23.5 Å². The minimum absolute atomic E-state index is 0.0317. The Labute approximate surface area is 180 Å². The van der Waals surface area contributed by atoms with Gasteiger partial charge in [0.2, 0.25) is 0 Å². The summed E-state index contributed by atoms with van der Waals surface area (Å²) in [4.78, 5) is 15.1. The molecule has 1 fully saturated rings. The summed E-state index contributed by atoms with van der Waals surface area (Å²) >= 11 is 0. The molecule has 0 saturated carbocycles. The predicted molar refractivity (Wildman–Crippen MR) is 120 cm³/mol. The second-order valence-corrected chi connectivity index (χ2v) is 10.1. The Hall–Kier alpha value is -2.34. The van der Waals surface area contributed by atoms with E-state index in [1.807, 2.05) is 24.3 Å². The molecule has 1 saturated heterocycles. The third-order valence-electron chi connectivity index (χ3n) is 5.56. The van der Waals surface area contributed by atoms with Gasteiger partial charge in [-0.1, -0.05) is 44.5 Å². The van der Waals surface area contributed by atoms with Gasteiger partial charge < -0.3 is 9.64 Å². The number of carbonyl (C=O) groups is 1. The van der Waals surface area contributed by atoms with E-state index in [4.69, 9.17) is 4.74 Å². The summed E-state index contributed by atoms with van der Waals surface area (Å²) in [5.41, 5.74) is 2.79. The summed E-state index contributed by atoms with van der Waals surface area (Å²) in [5, 5.41) is 0. The molecule has 2 aromatic carbocycles. The highest BCUT2D eigenvalue weighted by atomic mass is 32.2. The maximum absolute atomic E-state index is 13.3. The fourth-order valence-corrected chi connectivity index (χ4v) is 5.39. The average molecular weight is 430 g/mol. The van der Waals surface area contributed by atoms with Crippen molar-refractivity contribution in [3.63, 3.8) is 0 Å². The van der Waals surface area contributed by atoms with Gasteiger partial charge in [-0.2, -0.15) is 0 Å². The van der Waals surface area contributed by atoms with E-state index in [2.05, 4.69) is 26.0 Å². The van der Waals surface area contributed by atoms with E-state index in [1.165, 1.54) is 5.56 Å². The first-order valence-corrected chi connectivity index (χ1v) is 12.6. The van der Waals surface area contributed by atoms with Crippen molar-refractivity contribution in [1.82, 2.24) is 4.90 Å². The third kappa shape index (κ3) is 5.85. The number of nitrogens with zero attached hydrogens (tertiary/aromatic N) is 1. The molecule has 1 aliphatic rings. The Morgan fingerprint density at radius 2 is 1.70 bits per heavy atom. The standard InChI is InChI=1S/C24H31NO4S/c1-3-5-15-29-23-12-10-21(11-13-23)24(26)25(22-14-16-30(27,28)18-22)17-20-8-6-19(4-2)7-9-20/h6-13,22H,3-5,14-18H2,1-2H3/t22-/m0/s1. The molecule has 1 aliphatic heterocycles. The second kappa shape index (κ2) is 10.1. The normalized spacial score (nSPS) is 17.6. The summed E-state index contributed by atoms with van der Waals surface area (Å²) in [6.45, 7) is 5.27. The van der Waals surface area contributed by atoms with Crippen molar-refractivity contribution in [3.05, 3.63) is 65.2 Å². The van der Waals surface area contributed by atoms with Crippen LogP contribution in [0.25, 0.3) is 0 Å². The van der Waals surface area contributed by atoms with Gasteiger partial charge in [-0.25, -0.2) is 8.42 Å². The molecule has 1 amide bonds. The minimum Gasteiger partial charge on any atom is -0.494 e. The highest BCUT2D eigenvalue weighted by molar-refractivity contribution is 7.91. The van der Waals surface area contributed by atoms with Gasteiger partial charge in [0, 0.05) is 18.2 Å². The molecule has 0 spiro atoms. The van der Waals surface area contributed by atoms with E-state index in [0.717, 1.165) is 30.6 Å². The third-order valence-corrected chi connectivity index (χ3v) is 7.31. The Balaban J connectivity index is 1.79. The van der Waals surface area contributed by atoms with Crippen LogP contribution in [0.3, 0.4) is 0 Å². The van der Waals surface area contributed by atoms with Gasteiger partial charge >= 0.3 is 0 Å². The van der Waals surface area contributed by atoms with Gasteiger partial charge in [-0.05, 0) is 54.7 Å². The van der Waals surface area contributed by atoms with E-state index in [1.54, 1.807) is 17.0 Å². The van der Waals surface area contributed by atoms with Crippen LogP contribution in [0.4, 0.5) is 0 Å². The van der Waals surface area contributed by atoms with Crippen molar-refractivity contribution in [2.75, 3.05) is 18.1 Å². The van der Waals surface area contributed by atoms with Gasteiger partial charge in [0.1, 0.15) is 5.75 Å². The fourth-order valence-electron chi connectivity index (χ4n) is 3.66. The van der Waals surface area contributed by atoms with Crippen LogP contribution < -0.4 is 4.74 Å². The summed E-state index contributed by atoms with van der Waals surface area (Å²) in [6.07, 6.45) is 3.49. The largest absolute Gasteiger partial charge is 0.494 e. The van der Waals surface area contributed by atoms with Gasteiger partial charge in [0.25, 0.3) is 5.91 Å². The molecule has 0 radical (unpaired) electrons. The monoisotopic (exact) mass is 429 g/mol. The van der Waals surface area contributed by atoms with Crippen molar-refractivity contribution in [2.24, 2.45) is 0 Å². The predicted octanol–water partition coefficient (Wildman–Crippen LogP) is 4.26. The Kier molecular flexibility index (Phi) is 7.53. The summed E-state index contributed by atoms with van der Waals surface area (Å²) < 4.78 is 29.8. The lowest BCUT2D eigenvalue weighted by Gasteiger charge is -2.28. The lowest BCUT2D eigenvalue weighted by molar-refractivity contribution is 0.0681. The number of sulfone groups is 1. The SMILES string of the molecule is CCCCOc1ccc(C(=O)N(Cc2ccc(CC)cc2)[C@H]2CCS(=O)(=O)C2)cc1. The van der Waals surface area contributed by atoms with Crippen molar-refractivity contribution < 1.29 is 17.9 Å². The van der Waals surface area contributed by atoms with Crippen LogP contribution in [-0.2, 0) is 22.8 Å². The average Bonchev–Trinajstić information content (AvgIpc) is 3.12. The summed E-state index contributed by atoms with van der Waals surface area (Å²) in [6, 6.07) is 15.0. The first kappa shape index (κ1) is 22.3. The van der Waals surface area contributed by atoms with E-state index >= 15 is 0 Å². The molecule has 30 heavy (non-hydrogen) atoms. The van der Waals surface area contributed by atoms with Crippen molar-refractivity contribution >= 4 is 15.7 Å². The molecule has 162 valence electrons. The Morgan fingerprint density at radius 3 is 2.27 bits per heavy atom. The zero-order chi connectivity index (χ0) is 21.6. The van der Waals surface area contributed by atoms with Gasteiger partial charge in [0.15, 0.2) is 9.84 Å². The van der Waals surface area contributed by atoms with Crippen LogP contribution in [0, 0.1) is 0 Å². The zero-order valence-electron chi connectivity index (χ0n) is 17.8. The first-order valence-electron chi connectivity index (χ1n) is 10.7. The topological polar surface area (TPSA) is 63.7 Å². The molecule has 0 unspecified atom stereocenters. The molecule has 3 rings (SSSR count). The number of unbranched alkanes of at least 4 members (excludes halogenated alkanes) is 1. The van der Waals surface area contributed by atoms with Crippen molar-refractivity contribution in [3.8, 4) is 5.75 Å². The molecule has 0 aliphatic carbocycles. The number of hydrogen-bond acceptors (Lipinski definition) is 4. The quantitative estimate of drug-likeness (QED) is 0.559. The smallest absolute Gasteiger partial charge is 0.254 e. The highest BCUT2D eigenvalue weighted by Gasteiger charge is 2.35. The van der Waals surface area contributed by atoms with Gasteiger partial charge in [0.05, 0.1) is 18.1 Å². The van der Waals surface area contributed by atoms with Crippen molar-refractivity contribution in [2.45, 2.75) is 52.1 Å². The van der Waals surface area contributed by atoms with Crippen LogP contribution in [-0.4, -0.2) is 43.4 Å². The fraction of sp³-hybridized carbons (Fsp3) is 0.458. The molecule has 0 N–H and O–H groups in total. The summed E-state index contributed by atoms with van der Waals surface area (Å²) in [5.74, 6) is 0.770. The second-order valence-electron chi connectivity index (χ2n) is 7.89. The van der Waals surface area contributed by atoms with Crippen molar-refractivity contribution in [1.29, 1.82) is 0 Å². The molecule has 6 heteroatoms. The molecule has 0 bridgehead atoms. The number of rotatable bonds is 9. The first-order chi connectivity index (χ1) is 14.4. The molecule has 0 aromatic heterocycles. The van der Waals surface area contributed by atoms with E-state index in [9.17, 15) is 13.2 Å². The molecular formula is C24H31NO4S. The van der Waals surface area contributed by atoms with Gasteiger partial charge in [-0.3, -0.25) is 4.79 Å². The summed E-state index contributed by atoms with van der Waals surface area (Å²) in [7, 11) is -3.09. The number of aryl methyl sites for hydroxylation is 1. The maximum atomic E-state index is 13.3. The Morgan fingerprint density at radius 1 is 1.03 bits per heavy atom. The molecule has 5 nitrogen and oxygen atoms in total. The number of carbonyl (C=O) groups excluding carboxylic acids is 1.